The second-order valence-corrected chi connectivity index (χ2v) is 7.99. The van der Waals surface area contributed by atoms with Crippen LogP contribution in [0.2, 0.25) is 0 Å². The van der Waals surface area contributed by atoms with E-state index in [9.17, 15) is 0 Å². The van der Waals surface area contributed by atoms with E-state index in [-0.39, 0.29) is 12.1 Å². The number of methoxy groups -OCH3 is 2. The molecule has 0 aliphatic carbocycles. The van der Waals surface area contributed by atoms with E-state index in [0.717, 1.165) is 28.5 Å². The number of benzene rings is 2. The highest BCUT2D eigenvalue weighted by Gasteiger charge is 2.43. The highest BCUT2D eigenvalue weighted by Crippen LogP contribution is 2.46. The van der Waals surface area contributed by atoms with E-state index in [1.165, 1.54) is 0 Å². The van der Waals surface area contributed by atoms with Crippen molar-refractivity contribution in [2.24, 2.45) is 0 Å². The summed E-state index contributed by atoms with van der Waals surface area (Å²) < 4.78 is 17.5. The van der Waals surface area contributed by atoms with Gasteiger partial charge >= 0.3 is 0 Å². The van der Waals surface area contributed by atoms with E-state index < -0.39 is 0 Å². The van der Waals surface area contributed by atoms with Crippen molar-refractivity contribution in [3.63, 3.8) is 0 Å². The predicted octanol–water partition coefficient (Wildman–Crippen LogP) is 5.54. The highest BCUT2D eigenvalue weighted by molar-refractivity contribution is 7.80. The van der Waals surface area contributed by atoms with Crippen LogP contribution in [0.3, 0.4) is 0 Å². The number of aromatic nitrogens is 1. The molecule has 2 aromatic carbocycles. The maximum Gasteiger partial charge on any atom is 0.174 e. The first-order valence-electron chi connectivity index (χ1n) is 10.6. The van der Waals surface area contributed by atoms with Crippen molar-refractivity contribution in [2.45, 2.75) is 12.1 Å². The number of nitrogens with one attached hydrogen (secondary N) is 1. The summed E-state index contributed by atoms with van der Waals surface area (Å²) in [6.45, 7) is 0. The van der Waals surface area contributed by atoms with Gasteiger partial charge < -0.3 is 24.1 Å². The van der Waals surface area contributed by atoms with Crippen LogP contribution >= 0.6 is 12.2 Å². The quantitative estimate of drug-likeness (QED) is 0.382. The Morgan fingerprint density at radius 2 is 1.76 bits per heavy atom. The first kappa shape index (κ1) is 21.0. The molecular weight excluding hydrogens is 434 g/mol. The molecular formula is C26H23N3O3S. The fourth-order valence-corrected chi connectivity index (χ4v) is 4.50. The SMILES string of the molecule is COc1ccc(N2C(=S)N[C@@H](c3ccccn3)[C@@H]2c2ccc(-c3ccccc3)o2)c(OC)c1. The van der Waals surface area contributed by atoms with Gasteiger partial charge in [-0.05, 0) is 48.6 Å². The lowest BCUT2D eigenvalue weighted by atomic mass is 10.0. The van der Waals surface area contributed by atoms with Crippen LogP contribution in [0.1, 0.15) is 23.5 Å². The first-order valence-corrected chi connectivity index (χ1v) is 11.0. The molecule has 3 heterocycles. The van der Waals surface area contributed by atoms with E-state index in [1.54, 1.807) is 20.4 Å². The Balaban J connectivity index is 1.63. The zero-order valence-corrected chi connectivity index (χ0v) is 19.1. The average Bonchev–Trinajstić information content (AvgIpc) is 3.49. The van der Waals surface area contributed by atoms with Gasteiger partial charge in [-0.15, -0.1) is 0 Å². The van der Waals surface area contributed by atoms with Gasteiger partial charge in [0.25, 0.3) is 0 Å². The second-order valence-electron chi connectivity index (χ2n) is 7.60. The zero-order chi connectivity index (χ0) is 22.8. The maximum atomic E-state index is 6.39. The standard InChI is InChI=1S/C26H23N3O3S/c1-30-18-11-12-20(23(16-18)31-2)29-25(24(28-26(29)33)19-10-6-7-15-27-19)22-14-13-21(32-22)17-8-4-3-5-9-17/h3-16,24-25H,1-2H3,(H,28,33)/t24-,25-/m0/s1. The number of nitrogens with zero attached hydrogens (tertiary/aromatic N) is 2. The Morgan fingerprint density at radius 1 is 0.939 bits per heavy atom. The van der Waals surface area contributed by atoms with Crippen LogP contribution < -0.4 is 19.7 Å². The fraction of sp³-hybridized carbons (Fsp3) is 0.154. The highest BCUT2D eigenvalue weighted by atomic mass is 32.1. The van der Waals surface area contributed by atoms with Gasteiger partial charge in [-0.2, -0.15) is 0 Å². The number of thiocarbonyl (C=S) groups is 1. The normalized spacial score (nSPS) is 17.6. The third-order valence-electron chi connectivity index (χ3n) is 5.72. The molecule has 166 valence electrons. The van der Waals surface area contributed by atoms with Gasteiger partial charge in [0.05, 0.1) is 31.6 Å². The van der Waals surface area contributed by atoms with Crippen LogP contribution in [0.15, 0.2) is 89.5 Å². The van der Waals surface area contributed by atoms with Gasteiger partial charge in [-0.25, -0.2) is 0 Å². The van der Waals surface area contributed by atoms with E-state index in [2.05, 4.69) is 10.3 Å². The van der Waals surface area contributed by atoms with Crippen molar-refractivity contribution in [1.29, 1.82) is 0 Å². The number of rotatable bonds is 6. The lowest BCUT2D eigenvalue weighted by Crippen LogP contribution is -2.29. The summed E-state index contributed by atoms with van der Waals surface area (Å²) in [7, 11) is 3.26. The molecule has 1 aliphatic rings. The first-order chi connectivity index (χ1) is 16.2. The molecule has 0 radical (unpaired) electrons. The van der Waals surface area contributed by atoms with Crippen molar-refractivity contribution in [2.75, 3.05) is 19.1 Å². The van der Waals surface area contributed by atoms with Crippen molar-refractivity contribution < 1.29 is 13.9 Å². The van der Waals surface area contributed by atoms with E-state index in [0.29, 0.717) is 16.6 Å². The minimum absolute atomic E-state index is 0.208. The topological polar surface area (TPSA) is 59.8 Å². The van der Waals surface area contributed by atoms with Crippen LogP contribution in [-0.4, -0.2) is 24.3 Å². The molecule has 0 bridgehead atoms. The molecule has 0 saturated carbocycles. The molecule has 0 amide bonds. The van der Waals surface area contributed by atoms with Gasteiger partial charge in [0.2, 0.25) is 0 Å². The van der Waals surface area contributed by atoms with Gasteiger partial charge in [0, 0.05) is 17.8 Å². The fourth-order valence-electron chi connectivity index (χ4n) is 4.16. The molecule has 7 heteroatoms. The number of anilines is 1. The van der Waals surface area contributed by atoms with Crippen LogP contribution in [0.4, 0.5) is 5.69 Å². The third-order valence-corrected chi connectivity index (χ3v) is 6.04. The number of hydrogen-bond acceptors (Lipinski definition) is 5. The lowest BCUT2D eigenvalue weighted by molar-refractivity contribution is 0.392. The summed E-state index contributed by atoms with van der Waals surface area (Å²) in [6.07, 6.45) is 1.78. The summed E-state index contributed by atoms with van der Waals surface area (Å²) in [5, 5.41) is 4.01. The van der Waals surface area contributed by atoms with Gasteiger partial charge in [-0.3, -0.25) is 4.98 Å². The molecule has 2 atom stereocenters. The molecule has 1 saturated heterocycles. The minimum Gasteiger partial charge on any atom is -0.497 e. The molecule has 1 aliphatic heterocycles. The molecule has 1 fully saturated rings. The Hall–Kier alpha value is -3.84. The number of furan rings is 1. The smallest absolute Gasteiger partial charge is 0.174 e. The molecule has 2 aromatic heterocycles. The van der Waals surface area contributed by atoms with Gasteiger partial charge in [0.15, 0.2) is 5.11 Å². The molecule has 1 N–H and O–H groups in total. The summed E-state index contributed by atoms with van der Waals surface area (Å²) in [4.78, 5) is 6.62. The van der Waals surface area contributed by atoms with E-state index in [1.807, 2.05) is 83.8 Å². The average molecular weight is 458 g/mol. The Kier molecular flexibility index (Phi) is 5.71. The Morgan fingerprint density at radius 3 is 2.48 bits per heavy atom. The lowest BCUT2D eigenvalue weighted by Gasteiger charge is -2.27. The number of ether oxygens (including phenoxy) is 2. The number of pyridine rings is 1. The van der Waals surface area contributed by atoms with Crippen LogP contribution in [0.5, 0.6) is 11.5 Å². The van der Waals surface area contributed by atoms with Gasteiger partial charge in [0.1, 0.15) is 29.1 Å². The summed E-state index contributed by atoms with van der Waals surface area (Å²) in [5.74, 6) is 2.93. The van der Waals surface area contributed by atoms with Crippen molar-refractivity contribution in [3.05, 3.63) is 96.5 Å². The van der Waals surface area contributed by atoms with Crippen molar-refractivity contribution >= 4 is 23.0 Å². The molecule has 0 spiro atoms. The van der Waals surface area contributed by atoms with Crippen LogP contribution in [-0.2, 0) is 0 Å². The van der Waals surface area contributed by atoms with Gasteiger partial charge in [-0.1, -0.05) is 36.4 Å². The summed E-state index contributed by atoms with van der Waals surface area (Å²) in [5.41, 5.74) is 2.70. The van der Waals surface area contributed by atoms with E-state index in [4.69, 9.17) is 26.1 Å². The monoisotopic (exact) mass is 457 g/mol. The van der Waals surface area contributed by atoms with Crippen molar-refractivity contribution in [1.82, 2.24) is 10.3 Å². The molecule has 4 aromatic rings. The predicted molar refractivity (Wildman–Crippen MR) is 132 cm³/mol. The zero-order valence-electron chi connectivity index (χ0n) is 18.3. The number of hydrogen-bond donors (Lipinski definition) is 1. The molecule has 0 unspecified atom stereocenters. The molecule has 6 nitrogen and oxygen atoms in total. The second kappa shape index (κ2) is 8.96. The molecule has 33 heavy (non-hydrogen) atoms. The van der Waals surface area contributed by atoms with Crippen LogP contribution in [0.25, 0.3) is 11.3 Å². The molecule has 5 rings (SSSR count). The van der Waals surface area contributed by atoms with E-state index >= 15 is 0 Å². The largest absolute Gasteiger partial charge is 0.497 e. The van der Waals surface area contributed by atoms with Crippen LogP contribution in [0, 0.1) is 0 Å². The minimum atomic E-state index is -0.271. The Bertz CT molecular complexity index is 1260. The maximum absolute atomic E-state index is 6.39. The van der Waals surface area contributed by atoms with Crippen molar-refractivity contribution in [3.8, 4) is 22.8 Å². The summed E-state index contributed by atoms with van der Waals surface area (Å²) in [6, 6.07) is 25.1. The Labute approximate surface area is 197 Å². The summed E-state index contributed by atoms with van der Waals surface area (Å²) >= 11 is 5.80. The third kappa shape index (κ3) is 3.91.